The minimum absolute atomic E-state index is 0.0308. The summed E-state index contributed by atoms with van der Waals surface area (Å²) in [6.45, 7) is 0. The zero-order chi connectivity index (χ0) is 11.2. The number of carbonyl (C=O) groups excluding carboxylic acids is 2. The molecule has 2 N–H and O–H groups in total. The standard InChI is InChI=1S/C11H12N2O2S/c14-9-8(7-3-1-6-16-7)12-10(15)11(13-9)4-2-5-11/h1,3,6,8H,2,4-5H2,(H,12,15)(H,13,14). The fraction of sp³-hybridized carbons (Fsp3) is 0.455. The molecule has 0 bridgehead atoms. The lowest BCUT2D eigenvalue weighted by Gasteiger charge is -2.45. The van der Waals surface area contributed by atoms with E-state index in [0.29, 0.717) is 0 Å². The van der Waals surface area contributed by atoms with E-state index in [2.05, 4.69) is 10.6 Å². The zero-order valence-corrected chi connectivity index (χ0v) is 9.47. The molecule has 0 radical (unpaired) electrons. The van der Waals surface area contributed by atoms with Crippen LogP contribution in [0.1, 0.15) is 30.2 Å². The van der Waals surface area contributed by atoms with Crippen LogP contribution in [0.15, 0.2) is 17.5 Å². The van der Waals surface area contributed by atoms with Crippen LogP contribution in [0.4, 0.5) is 0 Å². The van der Waals surface area contributed by atoms with Crippen LogP contribution in [-0.4, -0.2) is 17.4 Å². The van der Waals surface area contributed by atoms with Gasteiger partial charge in [0.1, 0.15) is 11.6 Å². The molecule has 1 aliphatic carbocycles. The molecule has 2 fully saturated rings. The minimum Gasteiger partial charge on any atom is -0.340 e. The molecule has 5 heteroatoms. The molecule has 1 spiro atoms. The summed E-state index contributed by atoms with van der Waals surface area (Å²) >= 11 is 1.49. The third-order valence-electron chi connectivity index (χ3n) is 3.37. The number of nitrogens with one attached hydrogen (secondary N) is 2. The van der Waals surface area contributed by atoms with Gasteiger partial charge in [0.25, 0.3) is 0 Å². The Morgan fingerprint density at radius 3 is 2.75 bits per heavy atom. The van der Waals surface area contributed by atoms with E-state index in [9.17, 15) is 9.59 Å². The lowest BCUT2D eigenvalue weighted by Crippen LogP contribution is -2.69. The Kier molecular flexibility index (Phi) is 2.04. The maximum Gasteiger partial charge on any atom is 0.248 e. The van der Waals surface area contributed by atoms with Gasteiger partial charge >= 0.3 is 0 Å². The molecule has 1 saturated carbocycles. The highest BCUT2D eigenvalue weighted by Crippen LogP contribution is 2.36. The first-order valence-corrected chi connectivity index (χ1v) is 6.26. The second-order valence-electron chi connectivity index (χ2n) is 4.35. The molecule has 1 saturated heterocycles. The van der Waals surface area contributed by atoms with E-state index in [1.165, 1.54) is 11.3 Å². The molecule has 4 nitrogen and oxygen atoms in total. The van der Waals surface area contributed by atoms with Crippen molar-refractivity contribution in [3.63, 3.8) is 0 Å². The van der Waals surface area contributed by atoms with Gasteiger partial charge in [-0.05, 0) is 30.7 Å². The molecule has 1 atom stereocenters. The third-order valence-corrected chi connectivity index (χ3v) is 4.31. The first-order valence-electron chi connectivity index (χ1n) is 5.38. The number of amides is 2. The molecule has 2 heterocycles. The highest BCUT2D eigenvalue weighted by molar-refractivity contribution is 7.10. The fourth-order valence-corrected chi connectivity index (χ4v) is 3.01. The summed E-state index contributed by atoms with van der Waals surface area (Å²) in [5.74, 6) is -0.112. The van der Waals surface area contributed by atoms with E-state index in [1.54, 1.807) is 0 Å². The quantitative estimate of drug-likeness (QED) is 0.763. The molecule has 1 aromatic rings. The van der Waals surface area contributed by atoms with Crippen LogP contribution in [0.3, 0.4) is 0 Å². The van der Waals surface area contributed by atoms with Gasteiger partial charge in [0.2, 0.25) is 11.8 Å². The van der Waals surface area contributed by atoms with Crippen LogP contribution in [0.2, 0.25) is 0 Å². The Hall–Kier alpha value is -1.36. The molecule has 2 aliphatic rings. The van der Waals surface area contributed by atoms with Crippen molar-refractivity contribution in [2.24, 2.45) is 0 Å². The Labute approximate surface area is 97.0 Å². The number of carbonyl (C=O) groups is 2. The highest BCUT2D eigenvalue weighted by atomic mass is 32.1. The third kappa shape index (κ3) is 1.28. The average Bonchev–Trinajstić information content (AvgIpc) is 2.71. The number of hydrogen-bond acceptors (Lipinski definition) is 3. The maximum atomic E-state index is 11.9. The number of rotatable bonds is 1. The zero-order valence-electron chi connectivity index (χ0n) is 8.66. The average molecular weight is 236 g/mol. The topological polar surface area (TPSA) is 58.2 Å². The van der Waals surface area contributed by atoms with Gasteiger partial charge in [0.15, 0.2) is 0 Å². The molecule has 84 valence electrons. The maximum absolute atomic E-state index is 11.9. The smallest absolute Gasteiger partial charge is 0.248 e. The number of thiophene rings is 1. The molecule has 0 aromatic carbocycles. The summed E-state index contributed by atoms with van der Waals surface area (Å²) in [4.78, 5) is 24.7. The Balaban J connectivity index is 1.85. The second-order valence-corrected chi connectivity index (χ2v) is 5.33. The van der Waals surface area contributed by atoms with Crippen molar-refractivity contribution in [1.82, 2.24) is 10.6 Å². The second kappa shape index (κ2) is 3.31. The molecule has 1 aliphatic heterocycles. The van der Waals surface area contributed by atoms with Gasteiger partial charge in [0.05, 0.1) is 0 Å². The number of piperazine rings is 1. The first-order chi connectivity index (χ1) is 7.71. The molecule has 16 heavy (non-hydrogen) atoms. The van der Waals surface area contributed by atoms with E-state index in [0.717, 1.165) is 24.1 Å². The Morgan fingerprint density at radius 2 is 2.19 bits per heavy atom. The normalized spacial score (nSPS) is 27.1. The Morgan fingerprint density at radius 1 is 1.38 bits per heavy atom. The molecule has 1 aromatic heterocycles. The predicted octanol–water partition coefficient (Wildman–Crippen LogP) is 0.958. The molecule has 3 rings (SSSR count). The summed E-state index contributed by atoms with van der Waals surface area (Å²) in [6, 6.07) is 3.25. The van der Waals surface area contributed by atoms with Crippen molar-refractivity contribution < 1.29 is 9.59 Å². The van der Waals surface area contributed by atoms with Crippen molar-refractivity contribution in [3.8, 4) is 0 Å². The van der Waals surface area contributed by atoms with Crippen LogP contribution < -0.4 is 10.6 Å². The lowest BCUT2D eigenvalue weighted by atomic mass is 9.74. The lowest BCUT2D eigenvalue weighted by molar-refractivity contribution is -0.145. The predicted molar refractivity (Wildman–Crippen MR) is 59.9 cm³/mol. The first kappa shape index (κ1) is 9.84. The summed E-state index contributed by atoms with van der Waals surface area (Å²) < 4.78 is 0. The SMILES string of the molecule is O=C1NC2(CCC2)C(=O)NC1c1cccs1. The van der Waals surface area contributed by atoms with Crippen molar-refractivity contribution in [2.45, 2.75) is 30.8 Å². The van der Waals surface area contributed by atoms with Crippen LogP contribution in [0.25, 0.3) is 0 Å². The monoisotopic (exact) mass is 236 g/mol. The molecule has 1 unspecified atom stereocenters. The summed E-state index contributed by atoms with van der Waals surface area (Å²) in [6.07, 6.45) is 2.54. The van der Waals surface area contributed by atoms with E-state index in [1.807, 2.05) is 17.5 Å². The van der Waals surface area contributed by atoms with Crippen LogP contribution in [-0.2, 0) is 9.59 Å². The summed E-state index contributed by atoms with van der Waals surface area (Å²) in [5, 5.41) is 7.60. The van der Waals surface area contributed by atoms with E-state index in [-0.39, 0.29) is 11.8 Å². The van der Waals surface area contributed by atoms with Gasteiger partial charge in [-0.15, -0.1) is 11.3 Å². The van der Waals surface area contributed by atoms with Gasteiger partial charge in [-0.2, -0.15) is 0 Å². The minimum atomic E-state index is -0.592. The van der Waals surface area contributed by atoms with Crippen LogP contribution in [0, 0.1) is 0 Å². The van der Waals surface area contributed by atoms with Gasteiger partial charge in [-0.25, -0.2) is 0 Å². The molecular formula is C11H12N2O2S. The van der Waals surface area contributed by atoms with Gasteiger partial charge in [-0.1, -0.05) is 6.07 Å². The van der Waals surface area contributed by atoms with Crippen molar-refractivity contribution >= 4 is 23.2 Å². The summed E-state index contributed by atoms with van der Waals surface area (Å²) in [5.41, 5.74) is -0.592. The van der Waals surface area contributed by atoms with E-state index in [4.69, 9.17) is 0 Å². The molecular weight excluding hydrogens is 224 g/mol. The van der Waals surface area contributed by atoms with Crippen LogP contribution in [0.5, 0.6) is 0 Å². The van der Waals surface area contributed by atoms with Crippen LogP contribution >= 0.6 is 11.3 Å². The van der Waals surface area contributed by atoms with Gasteiger partial charge < -0.3 is 10.6 Å². The summed E-state index contributed by atoms with van der Waals surface area (Å²) in [7, 11) is 0. The molecule has 2 amide bonds. The van der Waals surface area contributed by atoms with Crippen molar-refractivity contribution in [1.29, 1.82) is 0 Å². The van der Waals surface area contributed by atoms with Crippen molar-refractivity contribution in [3.05, 3.63) is 22.4 Å². The highest BCUT2D eigenvalue weighted by Gasteiger charge is 2.50. The van der Waals surface area contributed by atoms with Gasteiger partial charge in [0, 0.05) is 4.88 Å². The number of hydrogen-bond donors (Lipinski definition) is 2. The van der Waals surface area contributed by atoms with Crippen molar-refractivity contribution in [2.75, 3.05) is 0 Å². The van der Waals surface area contributed by atoms with E-state index >= 15 is 0 Å². The Bertz CT molecular complexity index is 437. The largest absolute Gasteiger partial charge is 0.340 e. The van der Waals surface area contributed by atoms with Gasteiger partial charge in [-0.3, -0.25) is 9.59 Å². The fourth-order valence-electron chi connectivity index (χ4n) is 2.24. The van der Waals surface area contributed by atoms with E-state index < -0.39 is 11.6 Å².